The first-order valence-electron chi connectivity index (χ1n) is 5.79. The van der Waals surface area contributed by atoms with Gasteiger partial charge in [-0.15, -0.1) is 23.1 Å². The molecule has 6 nitrogen and oxygen atoms in total. The number of carboxylic acid groups (broad SMARTS) is 1. The number of hydrogen-bond acceptors (Lipinski definition) is 6. The summed E-state index contributed by atoms with van der Waals surface area (Å²) >= 11 is 2.90. The van der Waals surface area contributed by atoms with Crippen LogP contribution in [-0.2, 0) is 4.79 Å². The summed E-state index contributed by atoms with van der Waals surface area (Å²) < 4.78 is 5.14. The maximum atomic E-state index is 12.3. The van der Waals surface area contributed by atoms with E-state index in [0.717, 1.165) is 4.88 Å². The number of thiophene rings is 1. The van der Waals surface area contributed by atoms with Gasteiger partial charge >= 0.3 is 5.97 Å². The average molecular weight is 310 g/mol. The van der Waals surface area contributed by atoms with E-state index in [4.69, 9.17) is 9.63 Å². The van der Waals surface area contributed by atoms with Crippen molar-refractivity contribution in [3.63, 3.8) is 0 Å². The summed E-state index contributed by atoms with van der Waals surface area (Å²) in [6, 6.07) is 4.50. The molecule has 1 N–H and O–H groups in total. The van der Waals surface area contributed by atoms with Gasteiger partial charge < -0.3 is 14.5 Å². The SMILES string of the molecule is O=C(O)C1CSCN1C(=O)c1cc(-c2cccs2)on1. The van der Waals surface area contributed by atoms with Crippen LogP contribution in [0.25, 0.3) is 10.6 Å². The third-order valence-electron chi connectivity index (χ3n) is 2.92. The minimum absolute atomic E-state index is 0.141. The molecule has 1 unspecified atom stereocenters. The van der Waals surface area contributed by atoms with Crippen LogP contribution in [0.5, 0.6) is 0 Å². The Bertz CT molecular complexity index is 638. The smallest absolute Gasteiger partial charge is 0.327 e. The summed E-state index contributed by atoms with van der Waals surface area (Å²) in [5, 5.41) is 14.7. The van der Waals surface area contributed by atoms with Gasteiger partial charge in [-0.3, -0.25) is 4.79 Å². The lowest BCUT2D eigenvalue weighted by Crippen LogP contribution is -2.41. The zero-order valence-electron chi connectivity index (χ0n) is 10.2. The summed E-state index contributed by atoms with van der Waals surface area (Å²) in [7, 11) is 0. The first-order chi connectivity index (χ1) is 9.66. The summed E-state index contributed by atoms with van der Waals surface area (Å²) in [6.45, 7) is 0. The second kappa shape index (κ2) is 5.29. The summed E-state index contributed by atoms with van der Waals surface area (Å²) in [6.07, 6.45) is 0. The molecule has 2 aromatic rings. The highest BCUT2D eigenvalue weighted by molar-refractivity contribution is 7.99. The fourth-order valence-electron chi connectivity index (χ4n) is 1.91. The van der Waals surface area contributed by atoms with Gasteiger partial charge in [-0.05, 0) is 11.4 Å². The number of hydrogen-bond donors (Lipinski definition) is 1. The fourth-order valence-corrected chi connectivity index (χ4v) is 3.72. The molecule has 3 rings (SSSR count). The Balaban J connectivity index is 1.83. The largest absolute Gasteiger partial charge is 0.480 e. The summed E-state index contributed by atoms with van der Waals surface area (Å²) in [5.41, 5.74) is 0.141. The number of carboxylic acids is 1. The minimum atomic E-state index is -0.995. The van der Waals surface area contributed by atoms with Crippen LogP contribution < -0.4 is 0 Å². The lowest BCUT2D eigenvalue weighted by molar-refractivity contribution is -0.140. The molecule has 2 aromatic heterocycles. The maximum Gasteiger partial charge on any atom is 0.327 e. The van der Waals surface area contributed by atoms with Crippen molar-refractivity contribution in [3.8, 4) is 10.6 Å². The van der Waals surface area contributed by atoms with Gasteiger partial charge in [-0.1, -0.05) is 11.2 Å². The number of rotatable bonds is 3. The molecule has 1 aliphatic heterocycles. The topological polar surface area (TPSA) is 83.6 Å². The number of amides is 1. The molecule has 8 heteroatoms. The van der Waals surface area contributed by atoms with E-state index in [-0.39, 0.29) is 5.69 Å². The Hall–Kier alpha value is -1.80. The molecule has 0 radical (unpaired) electrons. The van der Waals surface area contributed by atoms with Crippen LogP contribution in [-0.4, -0.2) is 44.7 Å². The van der Waals surface area contributed by atoms with Gasteiger partial charge in [0.25, 0.3) is 5.91 Å². The van der Waals surface area contributed by atoms with Crippen molar-refractivity contribution in [2.75, 3.05) is 11.6 Å². The Morgan fingerprint density at radius 1 is 1.50 bits per heavy atom. The lowest BCUT2D eigenvalue weighted by atomic mass is 10.2. The molecule has 3 heterocycles. The molecular weight excluding hydrogens is 300 g/mol. The Morgan fingerprint density at radius 3 is 3.05 bits per heavy atom. The second-order valence-corrected chi connectivity index (χ2v) is 6.13. The van der Waals surface area contributed by atoms with Crippen molar-refractivity contribution >= 4 is 35.0 Å². The van der Waals surface area contributed by atoms with Gasteiger partial charge in [0.1, 0.15) is 6.04 Å². The predicted molar refractivity (Wildman–Crippen MR) is 74.7 cm³/mol. The van der Waals surface area contributed by atoms with Crippen molar-refractivity contribution in [3.05, 3.63) is 29.3 Å². The Labute approximate surface area is 122 Å². The van der Waals surface area contributed by atoms with Gasteiger partial charge in [-0.2, -0.15) is 0 Å². The maximum absolute atomic E-state index is 12.3. The lowest BCUT2D eigenvalue weighted by Gasteiger charge is -2.18. The van der Waals surface area contributed by atoms with E-state index in [1.165, 1.54) is 28.0 Å². The van der Waals surface area contributed by atoms with Crippen molar-refractivity contribution in [2.24, 2.45) is 0 Å². The standard InChI is InChI=1S/C12H10N2O4S2/c15-11(14-6-19-5-8(14)12(16)17)7-4-9(18-13-7)10-2-1-3-20-10/h1-4,8H,5-6H2,(H,16,17). The number of nitrogens with zero attached hydrogens (tertiary/aromatic N) is 2. The highest BCUT2D eigenvalue weighted by Crippen LogP contribution is 2.27. The van der Waals surface area contributed by atoms with Gasteiger partial charge in [0, 0.05) is 11.8 Å². The molecule has 0 spiro atoms. The average Bonchev–Trinajstić information content (AvgIpc) is 3.17. The van der Waals surface area contributed by atoms with Gasteiger partial charge in [0.15, 0.2) is 11.5 Å². The number of carbonyl (C=O) groups excluding carboxylic acids is 1. The molecule has 104 valence electrons. The molecule has 1 saturated heterocycles. The van der Waals surface area contributed by atoms with Crippen molar-refractivity contribution in [1.29, 1.82) is 0 Å². The van der Waals surface area contributed by atoms with E-state index in [1.54, 1.807) is 6.07 Å². The number of aromatic nitrogens is 1. The van der Waals surface area contributed by atoms with E-state index in [9.17, 15) is 9.59 Å². The zero-order chi connectivity index (χ0) is 14.1. The molecule has 1 aliphatic rings. The zero-order valence-corrected chi connectivity index (χ0v) is 11.8. The first kappa shape index (κ1) is 13.2. The minimum Gasteiger partial charge on any atom is -0.480 e. The summed E-state index contributed by atoms with van der Waals surface area (Å²) in [5.74, 6) is -0.130. The van der Waals surface area contributed by atoms with Gasteiger partial charge in [0.05, 0.1) is 10.8 Å². The van der Waals surface area contributed by atoms with Crippen LogP contribution in [0.1, 0.15) is 10.5 Å². The number of thioether (sulfide) groups is 1. The molecule has 1 atom stereocenters. The van der Waals surface area contributed by atoms with Gasteiger partial charge in [-0.25, -0.2) is 4.79 Å². The van der Waals surface area contributed by atoms with E-state index in [0.29, 0.717) is 17.4 Å². The van der Waals surface area contributed by atoms with E-state index >= 15 is 0 Å². The second-order valence-electron chi connectivity index (χ2n) is 4.18. The van der Waals surface area contributed by atoms with Gasteiger partial charge in [0.2, 0.25) is 0 Å². The molecule has 0 saturated carbocycles. The number of aliphatic carboxylic acids is 1. The summed E-state index contributed by atoms with van der Waals surface area (Å²) in [4.78, 5) is 25.6. The third-order valence-corrected chi connectivity index (χ3v) is 4.82. The molecule has 0 aromatic carbocycles. The fraction of sp³-hybridized carbons (Fsp3) is 0.250. The molecule has 1 fully saturated rings. The first-order valence-corrected chi connectivity index (χ1v) is 7.82. The number of carbonyl (C=O) groups is 2. The van der Waals surface area contributed by atoms with E-state index in [2.05, 4.69) is 5.16 Å². The molecular formula is C12H10N2O4S2. The monoisotopic (exact) mass is 310 g/mol. The third kappa shape index (κ3) is 2.32. The van der Waals surface area contributed by atoms with Crippen LogP contribution in [0.4, 0.5) is 0 Å². The molecule has 0 bridgehead atoms. The Kier molecular flexibility index (Phi) is 3.49. The predicted octanol–water partition coefficient (Wildman–Crippen LogP) is 2.00. The quantitative estimate of drug-likeness (QED) is 0.933. The van der Waals surface area contributed by atoms with Crippen LogP contribution in [0.2, 0.25) is 0 Å². The van der Waals surface area contributed by atoms with Crippen LogP contribution in [0, 0.1) is 0 Å². The molecule has 1 amide bonds. The highest BCUT2D eigenvalue weighted by atomic mass is 32.2. The van der Waals surface area contributed by atoms with E-state index < -0.39 is 17.9 Å². The van der Waals surface area contributed by atoms with Crippen molar-refractivity contribution in [1.82, 2.24) is 10.1 Å². The van der Waals surface area contributed by atoms with Crippen LogP contribution in [0.3, 0.4) is 0 Å². The van der Waals surface area contributed by atoms with Crippen molar-refractivity contribution < 1.29 is 19.2 Å². The highest BCUT2D eigenvalue weighted by Gasteiger charge is 2.36. The molecule has 0 aliphatic carbocycles. The normalized spacial score (nSPS) is 18.4. The Morgan fingerprint density at radius 2 is 2.35 bits per heavy atom. The van der Waals surface area contributed by atoms with Crippen molar-refractivity contribution in [2.45, 2.75) is 6.04 Å². The van der Waals surface area contributed by atoms with Crippen LogP contribution in [0.15, 0.2) is 28.1 Å². The molecule has 20 heavy (non-hydrogen) atoms. The van der Waals surface area contributed by atoms with Crippen LogP contribution >= 0.6 is 23.1 Å². The van der Waals surface area contributed by atoms with E-state index in [1.807, 2.05) is 17.5 Å².